The lowest BCUT2D eigenvalue weighted by Gasteiger charge is -2.55. The summed E-state index contributed by atoms with van der Waals surface area (Å²) in [7, 11) is 0. The van der Waals surface area contributed by atoms with Crippen molar-refractivity contribution in [2.45, 2.75) is 33.1 Å². The monoisotopic (exact) mass is 136 g/mol. The summed E-state index contributed by atoms with van der Waals surface area (Å²) in [6.45, 7) is 4.79. The molecule has 0 N–H and O–H groups in total. The molecular formula is C10H16. The molecule has 10 heavy (non-hydrogen) atoms. The van der Waals surface area contributed by atoms with Gasteiger partial charge < -0.3 is 0 Å². The summed E-state index contributed by atoms with van der Waals surface area (Å²) in [6.07, 6.45) is 4.81. The highest BCUT2D eigenvalue weighted by Crippen LogP contribution is 2.83. The Balaban J connectivity index is 1.76. The van der Waals surface area contributed by atoms with Crippen LogP contribution in [0.25, 0.3) is 0 Å². The number of rotatable bonds is 1. The Bertz CT molecular complexity index is 182. The van der Waals surface area contributed by atoms with Crippen molar-refractivity contribution < 1.29 is 0 Å². The van der Waals surface area contributed by atoms with Crippen LogP contribution in [0.4, 0.5) is 0 Å². The predicted octanol–water partition coefficient (Wildman–Crippen LogP) is 2.69. The van der Waals surface area contributed by atoms with Gasteiger partial charge in [-0.15, -0.1) is 0 Å². The molecule has 0 heteroatoms. The van der Waals surface area contributed by atoms with Crippen LogP contribution >= 0.6 is 0 Å². The topological polar surface area (TPSA) is 0 Å². The third-order valence-electron chi connectivity index (χ3n) is 4.55. The van der Waals surface area contributed by atoms with Crippen molar-refractivity contribution in [3.63, 3.8) is 0 Å². The molecule has 3 fully saturated rings. The van der Waals surface area contributed by atoms with Crippen molar-refractivity contribution in [1.29, 1.82) is 0 Å². The van der Waals surface area contributed by atoms with Gasteiger partial charge in [-0.05, 0) is 48.3 Å². The van der Waals surface area contributed by atoms with E-state index in [2.05, 4.69) is 13.8 Å². The Labute approximate surface area is 63.0 Å². The molecule has 0 aromatic rings. The molecule has 0 bridgehead atoms. The second-order valence-corrected chi connectivity index (χ2v) is 5.09. The zero-order valence-corrected chi connectivity index (χ0v) is 6.93. The molecule has 0 saturated heterocycles. The van der Waals surface area contributed by atoms with Gasteiger partial charge in [-0.3, -0.25) is 0 Å². The van der Waals surface area contributed by atoms with Crippen molar-refractivity contribution >= 4 is 0 Å². The summed E-state index contributed by atoms with van der Waals surface area (Å²) in [5.74, 6) is 4.50. The van der Waals surface area contributed by atoms with Crippen LogP contribution in [-0.2, 0) is 0 Å². The lowest BCUT2D eigenvalue weighted by atomic mass is 9.49. The fourth-order valence-corrected chi connectivity index (χ4v) is 3.68. The van der Waals surface area contributed by atoms with Gasteiger partial charge in [-0.2, -0.15) is 0 Å². The predicted molar refractivity (Wildman–Crippen MR) is 41.6 cm³/mol. The van der Waals surface area contributed by atoms with Gasteiger partial charge in [-0.1, -0.05) is 13.8 Å². The first-order valence-electron chi connectivity index (χ1n) is 4.74. The highest BCUT2D eigenvalue weighted by Gasteiger charge is 2.75. The van der Waals surface area contributed by atoms with Gasteiger partial charge >= 0.3 is 0 Å². The van der Waals surface area contributed by atoms with E-state index in [-0.39, 0.29) is 0 Å². The van der Waals surface area contributed by atoms with E-state index in [1.807, 2.05) is 0 Å². The van der Waals surface area contributed by atoms with E-state index < -0.39 is 0 Å². The van der Waals surface area contributed by atoms with Crippen molar-refractivity contribution in [3.05, 3.63) is 0 Å². The van der Waals surface area contributed by atoms with Gasteiger partial charge in [0, 0.05) is 0 Å². The van der Waals surface area contributed by atoms with Crippen LogP contribution in [0.15, 0.2) is 0 Å². The highest BCUT2D eigenvalue weighted by atomic mass is 14.8. The van der Waals surface area contributed by atoms with Gasteiger partial charge in [0.05, 0.1) is 0 Å². The SMILES string of the molecule is CC(C)C1CC23CC2CC13. The molecule has 0 amide bonds. The third-order valence-corrected chi connectivity index (χ3v) is 4.55. The molecular weight excluding hydrogens is 120 g/mol. The Morgan fingerprint density at radius 1 is 1.30 bits per heavy atom. The van der Waals surface area contributed by atoms with E-state index in [4.69, 9.17) is 0 Å². The highest BCUT2D eigenvalue weighted by molar-refractivity contribution is 5.24. The quantitative estimate of drug-likeness (QED) is 0.520. The van der Waals surface area contributed by atoms with Crippen LogP contribution in [-0.4, -0.2) is 0 Å². The first-order chi connectivity index (χ1) is 4.74. The average molecular weight is 136 g/mol. The smallest absolute Gasteiger partial charge is 0.0232 e. The van der Waals surface area contributed by atoms with Gasteiger partial charge in [0.25, 0.3) is 0 Å². The summed E-state index contributed by atoms with van der Waals surface area (Å²) in [6, 6.07) is 0. The van der Waals surface area contributed by atoms with E-state index in [1.165, 1.54) is 11.8 Å². The second kappa shape index (κ2) is 1.31. The molecule has 0 radical (unpaired) electrons. The molecule has 1 spiro atoms. The molecule has 0 nitrogen and oxygen atoms in total. The lowest BCUT2D eigenvalue weighted by Crippen LogP contribution is -2.48. The van der Waals surface area contributed by atoms with E-state index in [9.17, 15) is 0 Å². The Morgan fingerprint density at radius 3 is 2.40 bits per heavy atom. The van der Waals surface area contributed by atoms with Crippen LogP contribution in [0.1, 0.15) is 33.1 Å². The molecule has 0 heterocycles. The van der Waals surface area contributed by atoms with Gasteiger partial charge in [0.2, 0.25) is 0 Å². The number of hydrogen-bond donors (Lipinski definition) is 0. The summed E-state index contributed by atoms with van der Waals surface area (Å²) in [4.78, 5) is 0. The van der Waals surface area contributed by atoms with Crippen LogP contribution < -0.4 is 0 Å². The van der Waals surface area contributed by atoms with Crippen LogP contribution in [0.3, 0.4) is 0 Å². The Morgan fingerprint density at radius 2 is 2.10 bits per heavy atom. The molecule has 4 atom stereocenters. The molecule has 0 aliphatic heterocycles. The maximum Gasteiger partial charge on any atom is -0.0232 e. The second-order valence-electron chi connectivity index (χ2n) is 5.09. The lowest BCUT2D eigenvalue weighted by molar-refractivity contribution is -0.0676. The number of hydrogen-bond acceptors (Lipinski definition) is 0. The Hall–Kier alpha value is 0. The third kappa shape index (κ3) is 0.383. The minimum atomic E-state index is 0.970. The maximum absolute atomic E-state index is 2.40. The maximum atomic E-state index is 2.40. The largest absolute Gasteiger partial charge is 0.0625 e. The molecule has 0 aromatic heterocycles. The fourth-order valence-electron chi connectivity index (χ4n) is 3.68. The first kappa shape index (κ1) is 5.62. The van der Waals surface area contributed by atoms with E-state index in [0.717, 1.165) is 17.3 Å². The average Bonchev–Trinajstić information content (AvgIpc) is 2.51. The summed E-state index contributed by atoms with van der Waals surface area (Å²) < 4.78 is 0. The van der Waals surface area contributed by atoms with Crippen molar-refractivity contribution in [2.24, 2.45) is 29.1 Å². The molecule has 3 saturated carbocycles. The molecule has 56 valence electrons. The fraction of sp³-hybridized carbons (Fsp3) is 1.00. The van der Waals surface area contributed by atoms with E-state index in [0.29, 0.717) is 0 Å². The summed E-state index contributed by atoms with van der Waals surface area (Å²) >= 11 is 0. The first-order valence-corrected chi connectivity index (χ1v) is 4.74. The van der Waals surface area contributed by atoms with Gasteiger partial charge in [0.1, 0.15) is 0 Å². The van der Waals surface area contributed by atoms with Crippen LogP contribution in [0.2, 0.25) is 0 Å². The molecule has 3 rings (SSSR count). The van der Waals surface area contributed by atoms with E-state index in [1.54, 1.807) is 19.3 Å². The van der Waals surface area contributed by atoms with Crippen molar-refractivity contribution in [1.82, 2.24) is 0 Å². The normalized spacial score (nSPS) is 62.1. The molecule has 0 aromatic carbocycles. The van der Waals surface area contributed by atoms with Crippen molar-refractivity contribution in [3.8, 4) is 0 Å². The standard InChI is InChI=1S/C10H16/c1-6(2)8-5-10-4-7(10)3-9(8)10/h6-9H,3-5H2,1-2H3. The molecule has 4 unspecified atom stereocenters. The zero-order chi connectivity index (χ0) is 6.93. The molecule has 3 aliphatic carbocycles. The van der Waals surface area contributed by atoms with Gasteiger partial charge in [-0.25, -0.2) is 0 Å². The minimum absolute atomic E-state index is 0.970. The minimum Gasteiger partial charge on any atom is -0.0625 e. The van der Waals surface area contributed by atoms with Gasteiger partial charge in [0.15, 0.2) is 0 Å². The summed E-state index contributed by atoms with van der Waals surface area (Å²) in [5, 5.41) is 0. The zero-order valence-electron chi connectivity index (χ0n) is 6.93. The molecule has 3 aliphatic rings. The van der Waals surface area contributed by atoms with Crippen LogP contribution in [0.5, 0.6) is 0 Å². The van der Waals surface area contributed by atoms with Crippen molar-refractivity contribution in [2.75, 3.05) is 0 Å². The Kier molecular flexibility index (Phi) is 0.735. The summed E-state index contributed by atoms with van der Waals surface area (Å²) in [5.41, 5.74) is 0.981. The van der Waals surface area contributed by atoms with Crippen LogP contribution in [0, 0.1) is 29.1 Å². The van der Waals surface area contributed by atoms with E-state index >= 15 is 0 Å².